The van der Waals surface area contributed by atoms with E-state index in [1.165, 1.54) is 11.3 Å². The highest BCUT2D eigenvalue weighted by atomic mass is 14.7. The second kappa shape index (κ2) is 4.44. The summed E-state index contributed by atoms with van der Waals surface area (Å²) in [5, 5.41) is 0. The summed E-state index contributed by atoms with van der Waals surface area (Å²) in [5.41, 5.74) is 2.50. The summed E-state index contributed by atoms with van der Waals surface area (Å²) < 4.78 is 0. The molecular formula is C10H14N2. The fourth-order valence-electron chi connectivity index (χ4n) is 0.827. The molecule has 12 heavy (non-hydrogen) atoms. The van der Waals surface area contributed by atoms with Crippen molar-refractivity contribution in [3.63, 3.8) is 0 Å². The highest BCUT2D eigenvalue weighted by molar-refractivity contribution is 5.04. The van der Waals surface area contributed by atoms with Crippen LogP contribution in [-0.4, -0.2) is 9.97 Å². The van der Waals surface area contributed by atoms with Crippen molar-refractivity contribution in [2.75, 3.05) is 0 Å². The van der Waals surface area contributed by atoms with Crippen molar-refractivity contribution in [2.45, 2.75) is 13.8 Å². The summed E-state index contributed by atoms with van der Waals surface area (Å²) in [6.45, 7) is 4.08. The van der Waals surface area contributed by atoms with E-state index in [0.717, 1.165) is 0 Å². The first kappa shape index (κ1) is 8.65. The van der Waals surface area contributed by atoms with Crippen molar-refractivity contribution in [2.24, 2.45) is 0 Å². The third-order valence-corrected chi connectivity index (χ3v) is 1.51. The molecule has 2 heterocycles. The molecule has 2 aromatic heterocycles. The van der Waals surface area contributed by atoms with Crippen molar-refractivity contribution in [1.82, 2.24) is 9.97 Å². The van der Waals surface area contributed by atoms with Crippen molar-refractivity contribution < 1.29 is 0 Å². The van der Waals surface area contributed by atoms with Crippen LogP contribution in [0.2, 0.25) is 0 Å². The van der Waals surface area contributed by atoms with Crippen LogP contribution in [0.15, 0.2) is 36.8 Å². The Bertz CT molecular complexity index is 247. The van der Waals surface area contributed by atoms with E-state index in [-0.39, 0.29) is 0 Å². The third-order valence-electron chi connectivity index (χ3n) is 1.51. The number of hydrogen-bond donors (Lipinski definition) is 2. The average Bonchev–Trinajstić information content (AvgIpc) is 2.63. The SMILES string of the molecule is Cc1cc[nH]c1.Cc1ccc[nH]1. The molecule has 2 nitrogen and oxygen atoms in total. The topological polar surface area (TPSA) is 31.6 Å². The Balaban J connectivity index is 0.000000120. The van der Waals surface area contributed by atoms with E-state index in [1.54, 1.807) is 0 Å². The van der Waals surface area contributed by atoms with Crippen LogP contribution in [-0.2, 0) is 0 Å². The minimum absolute atomic E-state index is 1.22. The Morgan fingerprint density at radius 1 is 1.08 bits per heavy atom. The number of aryl methyl sites for hydroxylation is 2. The number of aromatic amines is 2. The molecule has 2 N–H and O–H groups in total. The molecule has 2 aromatic rings. The summed E-state index contributed by atoms with van der Waals surface area (Å²) in [5.74, 6) is 0. The molecule has 0 bridgehead atoms. The lowest BCUT2D eigenvalue weighted by atomic mass is 10.4. The second-order valence-corrected chi connectivity index (χ2v) is 2.74. The molecule has 0 radical (unpaired) electrons. The lowest BCUT2D eigenvalue weighted by molar-refractivity contribution is 1.27. The fourth-order valence-corrected chi connectivity index (χ4v) is 0.827. The second-order valence-electron chi connectivity index (χ2n) is 2.74. The molecule has 0 aromatic carbocycles. The van der Waals surface area contributed by atoms with Gasteiger partial charge >= 0.3 is 0 Å². The van der Waals surface area contributed by atoms with Gasteiger partial charge < -0.3 is 9.97 Å². The van der Waals surface area contributed by atoms with Crippen LogP contribution in [0, 0.1) is 13.8 Å². The molecule has 64 valence electrons. The summed E-state index contributed by atoms with van der Waals surface area (Å²) >= 11 is 0. The lowest BCUT2D eigenvalue weighted by Gasteiger charge is -1.70. The molecule has 0 unspecified atom stereocenters. The third kappa shape index (κ3) is 3.10. The number of nitrogens with one attached hydrogen (secondary N) is 2. The maximum Gasteiger partial charge on any atom is 0.0115 e. The van der Waals surface area contributed by atoms with Gasteiger partial charge in [-0.3, -0.25) is 0 Å². The maximum atomic E-state index is 3.00. The molecule has 2 heteroatoms. The first-order valence-corrected chi connectivity index (χ1v) is 3.98. The van der Waals surface area contributed by atoms with Gasteiger partial charge in [0.1, 0.15) is 0 Å². The van der Waals surface area contributed by atoms with Gasteiger partial charge in [-0.2, -0.15) is 0 Å². The van der Waals surface area contributed by atoms with Crippen molar-refractivity contribution >= 4 is 0 Å². The zero-order valence-electron chi connectivity index (χ0n) is 7.46. The van der Waals surface area contributed by atoms with E-state index in [0.29, 0.717) is 0 Å². The van der Waals surface area contributed by atoms with Crippen LogP contribution >= 0.6 is 0 Å². The van der Waals surface area contributed by atoms with Crippen molar-refractivity contribution in [3.05, 3.63) is 48.0 Å². The number of rotatable bonds is 0. The molecule has 0 fully saturated rings. The van der Waals surface area contributed by atoms with E-state index in [4.69, 9.17) is 0 Å². The lowest BCUT2D eigenvalue weighted by Crippen LogP contribution is -1.59. The van der Waals surface area contributed by atoms with Gasteiger partial charge in [-0.05, 0) is 37.6 Å². The molecule has 0 spiro atoms. The fraction of sp³-hybridized carbons (Fsp3) is 0.200. The van der Waals surface area contributed by atoms with Gasteiger partial charge in [0.25, 0.3) is 0 Å². The Hall–Kier alpha value is -1.44. The van der Waals surface area contributed by atoms with Crippen LogP contribution in [0.3, 0.4) is 0 Å². The highest BCUT2D eigenvalue weighted by Crippen LogP contribution is 1.88. The van der Waals surface area contributed by atoms with E-state index in [9.17, 15) is 0 Å². The molecule has 0 aliphatic carbocycles. The monoisotopic (exact) mass is 162 g/mol. The average molecular weight is 162 g/mol. The summed E-state index contributed by atoms with van der Waals surface area (Å²) in [4.78, 5) is 5.93. The Kier molecular flexibility index (Phi) is 3.20. The molecule has 0 aliphatic heterocycles. The number of aromatic nitrogens is 2. The van der Waals surface area contributed by atoms with Crippen molar-refractivity contribution in [1.29, 1.82) is 0 Å². The van der Waals surface area contributed by atoms with E-state index < -0.39 is 0 Å². The normalized spacial score (nSPS) is 8.83. The molecule has 0 aliphatic rings. The predicted octanol–water partition coefficient (Wildman–Crippen LogP) is 2.65. The van der Waals surface area contributed by atoms with Gasteiger partial charge in [-0.1, -0.05) is 0 Å². The Morgan fingerprint density at radius 2 is 1.92 bits per heavy atom. The van der Waals surface area contributed by atoms with E-state index in [1.807, 2.05) is 43.7 Å². The van der Waals surface area contributed by atoms with E-state index >= 15 is 0 Å². The molecular weight excluding hydrogens is 148 g/mol. The van der Waals surface area contributed by atoms with Gasteiger partial charge in [0, 0.05) is 24.3 Å². The first-order valence-electron chi connectivity index (χ1n) is 3.98. The van der Waals surface area contributed by atoms with Gasteiger partial charge in [0.2, 0.25) is 0 Å². The van der Waals surface area contributed by atoms with Gasteiger partial charge in [-0.25, -0.2) is 0 Å². The zero-order valence-corrected chi connectivity index (χ0v) is 7.46. The number of H-pyrrole nitrogens is 2. The van der Waals surface area contributed by atoms with Crippen LogP contribution < -0.4 is 0 Å². The largest absolute Gasteiger partial charge is 0.367 e. The Labute approximate surface area is 72.6 Å². The minimum Gasteiger partial charge on any atom is -0.367 e. The summed E-state index contributed by atoms with van der Waals surface area (Å²) in [6, 6.07) is 6.04. The number of hydrogen-bond acceptors (Lipinski definition) is 0. The highest BCUT2D eigenvalue weighted by Gasteiger charge is 1.73. The van der Waals surface area contributed by atoms with Crippen LogP contribution in [0.5, 0.6) is 0 Å². The van der Waals surface area contributed by atoms with Crippen molar-refractivity contribution in [3.8, 4) is 0 Å². The quantitative estimate of drug-likeness (QED) is 0.597. The summed E-state index contributed by atoms with van der Waals surface area (Å²) in [6.07, 6.45) is 5.78. The summed E-state index contributed by atoms with van der Waals surface area (Å²) in [7, 11) is 0. The smallest absolute Gasteiger partial charge is 0.0115 e. The van der Waals surface area contributed by atoms with Crippen LogP contribution in [0.1, 0.15) is 11.3 Å². The van der Waals surface area contributed by atoms with Gasteiger partial charge in [0.05, 0.1) is 0 Å². The van der Waals surface area contributed by atoms with E-state index in [2.05, 4.69) is 16.9 Å². The molecule has 0 atom stereocenters. The molecule has 2 rings (SSSR count). The first-order chi connectivity index (χ1) is 5.79. The zero-order chi connectivity index (χ0) is 8.81. The molecule has 0 saturated carbocycles. The van der Waals surface area contributed by atoms with Gasteiger partial charge in [-0.15, -0.1) is 0 Å². The predicted molar refractivity (Wildman–Crippen MR) is 51.1 cm³/mol. The molecule has 0 saturated heterocycles. The maximum absolute atomic E-state index is 3.00. The molecule has 0 amide bonds. The van der Waals surface area contributed by atoms with Gasteiger partial charge in [0.15, 0.2) is 0 Å². The minimum atomic E-state index is 1.22. The standard InChI is InChI=1S/2C5H7N/c1-5-2-3-6-4-5;1-5-3-2-4-6-5/h2*2-4,6H,1H3. The van der Waals surface area contributed by atoms with Crippen LogP contribution in [0.25, 0.3) is 0 Å². The Morgan fingerprint density at radius 3 is 2.08 bits per heavy atom. The van der Waals surface area contributed by atoms with Crippen LogP contribution in [0.4, 0.5) is 0 Å².